The van der Waals surface area contributed by atoms with Crippen LogP contribution in [-0.2, 0) is 4.79 Å². The number of hydrogen-bond donors (Lipinski definition) is 2. The van der Waals surface area contributed by atoms with E-state index < -0.39 is 23.1 Å². The summed E-state index contributed by atoms with van der Waals surface area (Å²) in [5.41, 5.74) is 0.738. The van der Waals surface area contributed by atoms with Gasteiger partial charge in [-0.15, -0.1) is 0 Å². The lowest BCUT2D eigenvalue weighted by Crippen LogP contribution is -2.25. The van der Waals surface area contributed by atoms with Gasteiger partial charge in [-0.25, -0.2) is 0 Å². The minimum Gasteiger partial charge on any atom is -0.508 e. The molecule has 35 heavy (non-hydrogen) atoms. The molecule has 0 aliphatic carbocycles. The van der Waals surface area contributed by atoms with Crippen LogP contribution in [0.2, 0.25) is 0 Å². The van der Waals surface area contributed by atoms with E-state index in [0.29, 0.717) is 22.1 Å². The fourth-order valence-electron chi connectivity index (χ4n) is 4.57. The lowest BCUT2D eigenvalue weighted by Gasteiger charge is -2.25. The van der Waals surface area contributed by atoms with Crippen LogP contribution in [0.4, 0.5) is 0 Å². The average molecular weight is 468 g/mol. The van der Waals surface area contributed by atoms with E-state index in [-0.39, 0.29) is 45.4 Å². The maximum absolute atomic E-state index is 13.4. The van der Waals surface area contributed by atoms with Crippen LogP contribution in [-0.4, -0.2) is 16.2 Å². The Morgan fingerprint density at radius 3 is 2.43 bits per heavy atom. The molecule has 3 heterocycles. The van der Waals surface area contributed by atoms with Gasteiger partial charge in [0.15, 0.2) is 5.43 Å². The van der Waals surface area contributed by atoms with Crippen molar-refractivity contribution in [3.8, 4) is 28.4 Å². The van der Waals surface area contributed by atoms with Gasteiger partial charge in [0, 0.05) is 23.1 Å². The predicted octanol–water partition coefficient (Wildman–Crippen LogP) is 4.42. The van der Waals surface area contributed by atoms with Crippen LogP contribution in [0, 0.1) is 0 Å². The molecule has 1 unspecified atom stereocenters. The van der Waals surface area contributed by atoms with Crippen molar-refractivity contribution in [2.24, 2.45) is 0 Å². The molecule has 172 valence electrons. The maximum Gasteiger partial charge on any atom is 0.312 e. The van der Waals surface area contributed by atoms with E-state index in [1.54, 1.807) is 36.4 Å². The van der Waals surface area contributed by atoms with Crippen LogP contribution in [0.25, 0.3) is 33.1 Å². The fourth-order valence-corrected chi connectivity index (χ4v) is 4.57. The zero-order valence-corrected chi connectivity index (χ0v) is 18.0. The largest absolute Gasteiger partial charge is 0.508 e. The first-order chi connectivity index (χ1) is 16.9. The van der Waals surface area contributed by atoms with Gasteiger partial charge in [0.1, 0.15) is 40.1 Å². The summed E-state index contributed by atoms with van der Waals surface area (Å²) in [7, 11) is 0. The molecule has 0 saturated carbocycles. The highest BCUT2D eigenvalue weighted by atomic mass is 16.5. The Hall–Kier alpha value is -4.85. The lowest BCUT2D eigenvalue weighted by molar-refractivity contribution is -0.135. The van der Waals surface area contributed by atoms with Crippen molar-refractivity contribution in [3.05, 3.63) is 98.7 Å². The number of phenolic OH excluding ortho intramolecular Hbond substituents is 2. The second kappa shape index (κ2) is 7.59. The smallest absolute Gasteiger partial charge is 0.312 e. The Kier molecular flexibility index (Phi) is 4.50. The predicted molar refractivity (Wildman–Crippen MR) is 126 cm³/mol. The Labute approximate surface area is 196 Å². The number of esters is 1. The average Bonchev–Trinajstić information content (AvgIpc) is 2.84. The van der Waals surface area contributed by atoms with Crippen LogP contribution in [0.3, 0.4) is 0 Å². The standard InChI is InChI=1S/C27H16O8/c28-14-7-5-13(6-8-14)17-11-34-27-23-16(18-12-33-20-4-2-1-3-15(20)25(18)31)9-22(30)35-21(23)10-19(29)24(27)26(17)32/h1-8,10-12,16,28-29H,9H2. The van der Waals surface area contributed by atoms with Gasteiger partial charge >= 0.3 is 5.97 Å². The monoisotopic (exact) mass is 468 g/mol. The van der Waals surface area contributed by atoms with Gasteiger partial charge in [-0.3, -0.25) is 14.4 Å². The third-order valence-corrected chi connectivity index (χ3v) is 6.23. The van der Waals surface area contributed by atoms with Crippen molar-refractivity contribution in [2.45, 2.75) is 12.3 Å². The molecule has 5 aromatic rings. The van der Waals surface area contributed by atoms with E-state index in [2.05, 4.69) is 0 Å². The van der Waals surface area contributed by atoms with Gasteiger partial charge in [0.05, 0.1) is 23.6 Å². The van der Waals surface area contributed by atoms with Crippen molar-refractivity contribution in [1.29, 1.82) is 0 Å². The van der Waals surface area contributed by atoms with Gasteiger partial charge in [0.2, 0.25) is 5.43 Å². The van der Waals surface area contributed by atoms with Gasteiger partial charge < -0.3 is 23.8 Å². The van der Waals surface area contributed by atoms with Crippen molar-refractivity contribution in [3.63, 3.8) is 0 Å². The molecule has 8 nitrogen and oxygen atoms in total. The number of para-hydroxylation sites is 1. The summed E-state index contributed by atoms with van der Waals surface area (Å²) in [6, 6.07) is 13.9. The molecule has 2 aromatic heterocycles. The molecule has 0 fully saturated rings. The number of rotatable bonds is 2. The van der Waals surface area contributed by atoms with Crippen LogP contribution >= 0.6 is 0 Å². The number of aromatic hydroxyl groups is 2. The number of phenols is 2. The van der Waals surface area contributed by atoms with E-state index in [4.69, 9.17) is 13.6 Å². The van der Waals surface area contributed by atoms with Gasteiger partial charge in [-0.1, -0.05) is 24.3 Å². The molecule has 0 amide bonds. The summed E-state index contributed by atoms with van der Waals surface area (Å²) in [5, 5.41) is 20.5. The fraction of sp³-hybridized carbons (Fsp3) is 0.0741. The quantitative estimate of drug-likeness (QED) is 0.288. The Bertz CT molecular complexity index is 1780. The van der Waals surface area contributed by atoms with Crippen LogP contribution in [0.1, 0.15) is 23.5 Å². The zero-order chi connectivity index (χ0) is 24.3. The number of hydrogen-bond acceptors (Lipinski definition) is 8. The van der Waals surface area contributed by atoms with Crippen molar-refractivity contribution in [1.82, 2.24) is 0 Å². The lowest BCUT2D eigenvalue weighted by atomic mass is 9.85. The first kappa shape index (κ1) is 20.7. The molecule has 1 aliphatic heterocycles. The van der Waals surface area contributed by atoms with Crippen LogP contribution in [0.5, 0.6) is 17.2 Å². The first-order valence-electron chi connectivity index (χ1n) is 10.7. The number of ether oxygens (including phenoxy) is 1. The first-order valence-corrected chi connectivity index (χ1v) is 10.7. The minimum atomic E-state index is -0.821. The minimum absolute atomic E-state index is 0.00402. The van der Waals surface area contributed by atoms with E-state index in [1.165, 1.54) is 30.7 Å². The summed E-state index contributed by atoms with van der Waals surface area (Å²) in [5.74, 6) is -1.80. The molecule has 6 rings (SSSR count). The number of carbonyl (C=O) groups is 1. The molecule has 2 N–H and O–H groups in total. The molecule has 0 radical (unpaired) electrons. The van der Waals surface area contributed by atoms with Gasteiger partial charge in [-0.2, -0.15) is 0 Å². The summed E-state index contributed by atoms with van der Waals surface area (Å²) in [6.45, 7) is 0. The molecule has 1 atom stereocenters. The number of benzene rings is 3. The maximum atomic E-state index is 13.4. The molecular weight excluding hydrogens is 452 g/mol. The Balaban J connectivity index is 1.63. The van der Waals surface area contributed by atoms with Crippen LogP contribution < -0.4 is 15.6 Å². The molecular formula is C27H16O8. The summed E-state index contributed by atoms with van der Waals surface area (Å²) < 4.78 is 16.9. The molecule has 3 aromatic carbocycles. The van der Waals surface area contributed by atoms with E-state index in [0.717, 1.165) is 0 Å². The third kappa shape index (κ3) is 3.18. The number of carbonyl (C=O) groups excluding carboxylic acids is 1. The second-order valence-corrected chi connectivity index (χ2v) is 8.28. The highest BCUT2D eigenvalue weighted by Gasteiger charge is 2.35. The zero-order valence-electron chi connectivity index (χ0n) is 18.0. The summed E-state index contributed by atoms with van der Waals surface area (Å²) >= 11 is 0. The van der Waals surface area contributed by atoms with Gasteiger partial charge in [0.25, 0.3) is 0 Å². The third-order valence-electron chi connectivity index (χ3n) is 6.23. The second-order valence-electron chi connectivity index (χ2n) is 8.28. The van der Waals surface area contributed by atoms with Crippen molar-refractivity contribution in [2.75, 3.05) is 0 Å². The summed E-state index contributed by atoms with van der Waals surface area (Å²) in [4.78, 5) is 39.1. The topological polar surface area (TPSA) is 127 Å². The SMILES string of the molecule is O=C1CC(c2coc3ccccc3c2=O)c2c(cc(O)c3c(=O)c(-c4ccc(O)cc4)coc23)O1. The van der Waals surface area contributed by atoms with E-state index in [9.17, 15) is 24.6 Å². The Morgan fingerprint density at radius 2 is 1.63 bits per heavy atom. The number of fused-ring (bicyclic) bond motifs is 4. The van der Waals surface area contributed by atoms with Crippen LogP contribution in [0.15, 0.2) is 85.5 Å². The van der Waals surface area contributed by atoms with E-state index in [1.807, 2.05) is 0 Å². The van der Waals surface area contributed by atoms with Gasteiger partial charge in [-0.05, 0) is 29.8 Å². The van der Waals surface area contributed by atoms with Crippen molar-refractivity contribution >= 4 is 27.9 Å². The molecule has 0 bridgehead atoms. The highest BCUT2D eigenvalue weighted by molar-refractivity contribution is 5.94. The highest BCUT2D eigenvalue weighted by Crippen LogP contribution is 2.45. The normalized spacial score (nSPS) is 15.2. The molecule has 0 spiro atoms. The Morgan fingerprint density at radius 1 is 0.857 bits per heavy atom. The van der Waals surface area contributed by atoms with E-state index >= 15 is 0 Å². The molecule has 0 saturated heterocycles. The van der Waals surface area contributed by atoms with Crippen molar-refractivity contribution < 1.29 is 28.6 Å². The molecule has 8 heteroatoms. The summed E-state index contributed by atoms with van der Waals surface area (Å²) in [6.07, 6.45) is 2.37. The molecule has 1 aliphatic rings.